The summed E-state index contributed by atoms with van der Waals surface area (Å²) in [5.74, 6) is 0.0173. The molecule has 1 aliphatic rings. The van der Waals surface area contributed by atoms with Crippen molar-refractivity contribution >= 4 is 22.4 Å². The second-order valence-electron chi connectivity index (χ2n) is 9.53. The van der Waals surface area contributed by atoms with Gasteiger partial charge in [-0.2, -0.15) is 0 Å². The van der Waals surface area contributed by atoms with Crippen molar-refractivity contribution in [2.45, 2.75) is 32.0 Å². The van der Waals surface area contributed by atoms with Crippen LogP contribution in [0.3, 0.4) is 0 Å². The van der Waals surface area contributed by atoms with E-state index >= 15 is 0 Å². The number of ether oxygens (including phenoxy) is 2. The fourth-order valence-corrected chi connectivity index (χ4v) is 4.55. The number of likely N-dealkylation sites (tertiary alicyclic amines) is 1. The Hall–Kier alpha value is -2.93. The summed E-state index contributed by atoms with van der Waals surface area (Å²) in [5, 5.41) is 5.73. The number of nitrogens with one attached hydrogen (secondary N) is 1. The molecular weight excluding hydrogens is 438 g/mol. The average molecular weight is 476 g/mol. The van der Waals surface area contributed by atoms with E-state index in [9.17, 15) is 4.79 Å². The predicted molar refractivity (Wildman–Crippen MR) is 142 cm³/mol. The Kier molecular flexibility index (Phi) is 8.74. The number of hydrogen-bond acceptors (Lipinski definition) is 5. The first-order valence-corrected chi connectivity index (χ1v) is 12.4. The van der Waals surface area contributed by atoms with Crippen LogP contribution in [0.25, 0.3) is 10.8 Å². The molecule has 0 aromatic heterocycles. The van der Waals surface area contributed by atoms with Gasteiger partial charge in [0, 0.05) is 58.1 Å². The van der Waals surface area contributed by atoms with Crippen LogP contribution in [0, 0.1) is 0 Å². The number of piperidine rings is 1. The van der Waals surface area contributed by atoms with Crippen LogP contribution in [0.1, 0.15) is 34.3 Å². The molecule has 6 nitrogen and oxygen atoms in total. The molecule has 186 valence electrons. The van der Waals surface area contributed by atoms with Crippen LogP contribution in [-0.4, -0.2) is 64.4 Å². The van der Waals surface area contributed by atoms with Gasteiger partial charge in [0.25, 0.3) is 5.91 Å². The lowest BCUT2D eigenvalue weighted by molar-refractivity contribution is 0.0617. The van der Waals surface area contributed by atoms with Crippen molar-refractivity contribution < 1.29 is 14.3 Å². The molecule has 0 unspecified atom stereocenters. The standard InChI is InChI=1S/C29H37N3O3/c1-31(2)28-6-4-5-25(19-28)29(33)30-27-11-13-32(14-12-27)20-22-7-9-24-10-8-23(18-26(24)17-22)21-35-16-15-34-3/h4-10,17-19,27H,11-16,20-21H2,1-3H3,(H,30,33). The summed E-state index contributed by atoms with van der Waals surface area (Å²) in [6.45, 7) is 4.70. The molecule has 0 saturated carbocycles. The third-order valence-corrected chi connectivity index (χ3v) is 6.62. The highest BCUT2D eigenvalue weighted by atomic mass is 16.5. The minimum absolute atomic E-state index is 0.0173. The minimum atomic E-state index is 0.0173. The van der Waals surface area contributed by atoms with E-state index in [1.54, 1.807) is 7.11 Å². The van der Waals surface area contributed by atoms with Gasteiger partial charge in [-0.25, -0.2) is 0 Å². The lowest BCUT2D eigenvalue weighted by atomic mass is 10.0. The van der Waals surface area contributed by atoms with Crippen LogP contribution in [0.4, 0.5) is 5.69 Å². The Morgan fingerprint density at radius 2 is 1.71 bits per heavy atom. The molecule has 6 heteroatoms. The average Bonchev–Trinajstić information content (AvgIpc) is 2.87. The maximum absolute atomic E-state index is 12.8. The van der Waals surface area contributed by atoms with Gasteiger partial charge in [-0.3, -0.25) is 9.69 Å². The smallest absolute Gasteiger partial charge is 0.251 e. The lowest BCUT2D eigenvalue weighted by Gasteiger charge is -2.32. The van der Waals surface area contributed by atoms with Gasteiger partial charge in [0.1, 0.15) is 0 Å². The number of benzene rings is 3. The molecule has 0 radical (unpaired) electrons. The zero-order valence-corrected chi connectivity index (χ0v) is 21.1. The first-order chi connectivity index (χ1) is 17.0. The summed E-state index contributed by atoms with van der Waals surface area (Å²) in [7, 11) is 5.66. The predicted octanol–water partition coefficient (Wildman–Crippen LogP) is 4.46. The maximum atomic E-state index is 12.8. The van der Waals surface area contributed by atoms with E-state index in [2.05, 4.69) is 46.6 Å². The van der Waals surface area contributed by atoms with Gasteiger partial charge in [0.2, 0.25) is 0 Å². The Morgan fingerprint density at radius 3 is 2.46 bits per heavy atom. The van der Waals surface area contributed by atoms with Gasteiger partial charge in [0.05, 0.1) is 19.8 Å². The van der Waals surface area contributed by atoms with Crippen molar-refractivity contribution in [3.8, 4) is 0 Å². The van der Waals surface area contributed by atoms with E-state index in [0.717, 1.165) is 43.7 Å². The number of nitrogens with zero attached hydrogens (tertiary/aromatic N) is 2. The summed E-state index contributed by atoms with van der Waals surface area (Å²) >= 11 is 0. The third-order valence-electron chi connectivity index (χ3n) is 6.62. The number of amides is 1. The Labute approximate surface area is 208 Å². The summed E-state index contributed by atoms with van der Waals surface area (Å²) < 4.78 is 10.7. The zero-order valence-electron chi connectivity index (χ0n) is 21.1. The van der Waals surface area contributed by atoms with Crippen molar-refractivity contribution in [2.24, 2.45) is 0 Å². The van der Waals surface area contributed by atoms with Crippen LogP contribution in [0.15, 0.2) is 60.7 Å². The highest BCUT2D eigenvalue weighted by Crippen LogP contribution is 2.21. The molecule has 1 aliphatic heterocycles. The second-order valence-corrected chi connectivity index (χ2v) is 9.53. The van der Waals surface area contributed by atoms with Crippen LogP contribution in [-0.2, 0) is 22.6 Å². The third kappa shape index (κ3) is 7.04. The van der Waals surface area contributed by atoms with Gasteiger partial charge < -0.3 is 19.7 Å². The Balaban J connectivity index is 1.29. The van der Waals surface area contributed by atoms with Gasteiger partial charge in [-0.1, -0.05) is 30.3 Å². The van der Waals surface area contributed by atoms with Crippen molar-refractivity contribution in [1.82, 2.24) is 10.2 Å². The maximum Gasteiger partial charge on any atom is 0.251 e. The van der Waals surface area contributed by atoms with Gasteiger partial charge in [-0.15, -0.1) is 0 Å². The molecule has 35 heavy (non-hydrogen) atoms. The molecule has 1 heterocycles. The monoisotopic (exact) mass is 475 g/mol. The lowest BCUT2D eigenvalue weighted by Crippen LogP contribution is -2.44. The number of rotatable bonds is 10. The quantitative estimate of drug-likeness (QED) is 0.439. The largest absolute Gasteiger partial charge is 0.382 e. The van der Waals surface area contributed by atoms with Crippen molar-refractivity contribution in [1.29, 1.82) is 0 Å². The van der Waals surface area contributed by atoms with E-state index in [1.807, 2.05) is 43.3 Å². The first-order valence-electron chi connectivity index (χ1n) is 12.4. The van der Waals surface area contributed by atoms with E-state index in [4.69, 9.17) is 9.47 Å². The number of carbonyl (C=O) groups excluding carboxylic acids is 1. The molecule has 1 fully saturated rings. The summed E-state index contributed by atoms with van der Waals surface area (Å²) in [6.07, 6.45) is 1.94. The van der Waals surface area contributed by atoms with Crippen LogP contribution in [0.5, 0.6) is 0 Å². The van der Waals surface area contributed by atoms with E-state index in [-0.39, 0.29) is 11.9 Å². The number of methoxy groups -OCH3 is 1. The molecule has 0 aliphatic carbocycles. The van der Waals surface area contributed by atoms with Gasteiger partial charge >= 0.3 is 0 Å². The fourth-order valence-electron chi connectivity index (χ4n) is 4.55. The fraction of sp³-hybridized carbons (Fsp3) is 0.414. The van der Waals surface area contributed by atoms with Crippen molar-refractivity contribution in [2.75, 3.05) is 52.4 Å². The topological polar surface area (TPSA) is 54.0 Å². The molecule has 4 rings (SSSR count). The molecule has 1 N–H and O–H groups in total. The molecule has 3 aromatic carbocycles. The molecule has 1 amide bonds. The molecule has 0 spiro atoms. The van der Waals surface area contributed by atoms with Crippen LogP contribution < -0.4 is 10.2 Å². The summed E-state index contributed by atoms with van der Waals surface area (Å²) in [4.78, 5) is 17.2. The number of fused-ring (bicyclic) bond motifs is 1. The molecule has 0 atom stereocenters. The molecule has 0 bridgehead atoms. The van der Waals surface area contributed by atoms with Crippen LogP contribution >= 0.6 is 0 Å². The SMILES string of the molecule is COCCOCc1ccc2ccc(CN3CCC(NC(=O)c4cccc(N(C)C)c4)CC3)cc2c1. The zero-order chi connectivity index (χ0) is 24.6. The number of hydrogen-bond donors (Lipinski definition) is 1. The highest BCUT2D eigenvalue weighted by molar-refractivity contribution is 5.95. The molecule has 3 aromatic rings. The molecule has 1 saturated heterocycles. The highest BCUT2D eigenvalue weighted by Gasteiger charge is 2.21. The first kappa shape index (κ1) is 25.2. The summed E-state index contributed by atoms with van der Waals surface area (Å²) in [5.41, 5.74) is 4.25. The van der Waals surface area contributed by atoms with Crippen LogP contribution in [0.2, 0.25) is 0 Å². The van der Waals surface area contributed by atoms with E-state index < -0.39 is 0 Å². The van der Waals surface area contributed by atoms with Gasteiger partial charge in [0.15, 0.2) is 0 Å². The number of carbonyl (C=O) groups is 1. The molecular formula is C29H37N3O3. The Morgan fingerprint density at radius 1 is 0.971 bits per heavy atom. The van der Waals surface area contributed by atoms with E-state index in [1.165, 1.54) is 21.9 Å². The minimum Gasteiger partial charge on any atom is -0.382 e. The number of anilines is 1. The van der Waals surface area contributed by atoms with E-state index in [0.29, 0.717) is 19.8 Å². The second kappa shape index (κ2) is 12.2. The van der Waals surface area contributed by atoms with Crippen molar-refractivity contribution in [3.63, 3.8) is 0 Å². The Bertz CT molecular complexity index is 1120. The van der Waals surface area contributed by atoms with Crippen molar-refractivity contribution in [3.05, 3.63) is 77.4 Å². The normalized spacial score (nSPS) is 14.8. The summed E-state index contributed by atoms with van der Waals surface area (Å²) in [6, 6.07) is 21.2. The van der Waals surface area contributed by atoms with Gasteiger partial charge in [-0.05, 0) is 65.1 Å².